The lowest BCUT2D eigenvalue weighted by Crippen LogP contribution is -2.09. The van der Waals surface area contributed by atoms with Gasteiger partial charge in [-0.2, -0.15) is 0 Å². The number of ether oxygens (including phenoxy) is 3. The van der Waals surface area contributed by atoms with E-state index in [4.69, 9.17) is 19.6 Å². The molecule has 0 aliphatic carbocycles. The van der Waals surface area contributed by atoms with E-state index in [9.17, 15) is 4.79 Å². The van der Waals surface area contributed by atoms with Crippen molar-refractivity contribution in [1.82, 2.24) is 0 Å². The van der Waals surface area contributed by atoms with Gasteiger partial charge in [0.2, 0.25) is 5.90 Å². The highest BCUT2D eigenvalue weighted by atomic mass is 16.5. The number of benzene rings is 1. The number of hydrogen-bond donors (Lipinski definition) is 1. The highest BCUT2D eigenvalue weighted by molar-refractivity contribution is 5.91. The van der Waals surface area contributed by atoms with E-state index < -0.39 is 0 Å². The van der Waals surface area contributed by atoms with Crippen molar-refractivity contribution in [3.05, 3.63) is 29.8 Å². The molecule has 0 saturated carbocycles. The highest BCUT2D eigenvalue weighted by Gasteiger charge is 2.03. The van der Waals surface area contributed by atoms with Crippen molar-refractivity contribution in [2.24, 2.45) is 0 Å². The van der Waals surface area contributed by atoms with Crippen LogP contribution in [0.15, 0.2) is 24.3 Å². The SMILES string of the molecule is CCCCCOc1ccc(C(=N)OCCCOC(C)=O)cc1. The van der Waals surface area contributed by atoms with Crippen LogP contribution in [0.3, 0.4) is 0 Å². The zero-order chi connectivity index (χ0) is 16.2. The van der Waals surface area contributed by atoms with Crippen LogP contribution in [0, 0.1) is 5.41 Å². The molecule has 1 aromatic carbocycles. The molecule has 0 aliphatic heterocycles. The van der Waals surface area contributed by atoms with Gasteiger partial charge in [0.15, 0.2) is 0 Å². The highest BCUT2D eigenvalue weighted by Crippen LogP contribution is 2.13. The summed E-state index contributed by atoms with van der Waals surface area (Å²) in [6, 6.07) is 7.31. The second kappa shape index (κ2) is 10.7. The van der Waals surface area contributed by atoms with Crippen LogP contribution in [-0.2, 0) is 14.3 Å². The normalized spacial score (nSPS) is 10.1. The first-order chi connectivity index (χ1) is 10.6. The molecular weight excluding hydrogens is 282 g/mol. The summed E-state index contributed by atoms with van der Waals surface area (Å²) in [6.45, 7) is 4.91. The molecule has 122 valence electrons. The van der Waals surface area contributed by atoms with Gasteiger partial charge in [-0.25, -0.2) is 0 Å². The minimum Gasteiger partial charge on any atom is -0.494 e. The lowest BCUT2D eigenvalue weighted by atomic mass is 10.2. The average Bonchev–Trinajstić information content (AvgIpc) is 2.51. The Labute approximate surface area is 132 Å². The van der Waals surface area contributed by atoms with Crippen LogP contribution in [-0.4, -0.2) is 31.7 Å². The first-order valence-electron chi connectivity index (χ1n) is 7.71. The first kappa shape index (κ1) is 18.0. The molecule has 0 fully saturated rings. The van der Waals surface area contributed by atoms with Gasteiger partial charge in [-0.05, 0) is 30.7 Å². The fourth-order valence-corrected chi connectivity index (χ4v) is 1.78. The van der Waals surface area contributed by atoms with E-state index in [1.807, 2.05) is 24.3 Å². The number of carbonyl (C=O) groups is 1. The molecule has 1 N–H and O–H groups in total. The fourth-order valence-electron chi connectivity index (χ4n) is 1.78. The summed E-state index contributed by atoms with van der Waals surface area (Å²) >= 11 is 0. The van der Waals surface area contributed by atoms with Gasteiger partial charge in [0.1, 0.15) is 5.75 Å². The molecule has 22 heavy (non-hydrogen) atoms. The standard InChI is InChI=1S/C17H25NO4/c1-3-4-5-11-21-16-9-7-15(8-10-16)17(18)22-13-6-12-20-14(2)19/h7-10,18H,3-6,11-13H2,1-2H3. The summed E-state index contributed by atoms with van der Waals surface area (Å²) in [4.78, 5) is 10.6. The minimum absolute atomic E-state index is 0.111. The van der Waals surface area contributed by atoms with Crippen molar-refractivity contribution in [2.45, 2.75) is 39.5 Å². The van der Waals surface area contributed by atoms with E-state index in [2.05, 4.69) is 6.92 Å². The van der Waals surface area contributed by atoms with Gasteiger partial charge in [0.25, 0.3) is 0 Å². The van der Waals surface area contributed by atoms with E-state index in [-0.39, 0.29) is 11.9 Å². The minimum atomic E-state index is -0.301. The number of rotatable bonds is 10. The fraction of sp³-hybridized carbons (Fsp3) is 0.529. The number of unbranched alkanes of at least 4 members (excludes halogenated alkanes) is 2. The molecule has 1 rings (SSSR count). The van der Waals surface area contributed by atoms with Gasteiger partial charge in [0, 0.05) is 18.9 Å². The summed E-state index contributed by atoms with van der Waals surface area (Å²) in [7, 11) is 0. The van der Waals surface area contributed by atoms with Crippen molar-refractivity contribution in [3.63, 3.8) is 0 Å². The van der Waals surface area contributed by atoms with E-state index in [0.717, 1.165) is 18.8 Å². The molecule has 0 spiro atoms. The third kappa shape index (κ3) is 7.67. The van der Waals surface area contributed by atoms with Crippen molar-refractivity contribution in [3.8, 4) is 5.75 Å². The Hall–Kier alpha value is -2.04. The predicted octanol–water partition coefficient (Wildman–Crippen LogP) is 3.55. The second-order valence-corrected chi connectivity index (χ2v) is 4.95. The second-order valence-electron chi connectivity index (χ2n) is 4.95. The van der Waals surface area contributed by atoms with Crippen LogP contribution < -0.4 is 4.74 Å². The van der Waals surface area contributed by atoms with E-state index in [1.165, 1.54) is 19.8 Å². The molecule has 0 amide bonds. The van der Waals surface area contributed by atoms with Gasteiger partial charge in [-0.15, -0.1) is 0 Å². The molecule has 0 unspecified atom stereocenters. The Morgan fingerprint density at radius 3 is 2.32 bits per heavy atom. The average molecular weight is 307 g/mol. The monoisotopic (exact) mass is 307 g/mol. The van der Waals surface area contributed by atoms with Gasteiger partial charge in [-0.1, -0.05) is 19.8 Å². The maximum Gasteiger partial charge on any atom is 0.302 e. The third-order valence-electron chi connectivity index (χ3n) is 2.97. The van der Waals surface area contributed by atoms with Gasteiger partial charge < -0.3 is 14.2 Å². The maximum absolute atomic E-state index is 10.6. The summed E-state index contributed by atoms with van der Waals surface area (Å²) in [5.74, 6) is 0.618. The van der Waals surface area contributed by atoms with Crippen LogP contribution in [0.1, 0.15) is 45.1 Å². The van der Waals surface area contributed by atoms with Crippen LogP contribution in [0.2, 0.25) is 0 Å². The Balaban J connectivity index is 2.26. The molecule has 0 bridgehead atoms. The molecule has 5 heteroatoms. The quantitative estimate of drug-likeness (QED) is 0.311. The van der Waals surface area contributed by atoms with E-state index in [0.29, 0.717) is 25.2 Å². The number of hydrogen-bond acceptors (Lipinski definition) is 5. The summed E-state index contributed by atoms with van der Waals surface area (Å²) in [6.07, 6.45) is 3.97. The maximum atomic E-state index is 10.6. The lowest BCUT2D eigenvalue weighted by molar-refractivity contribution is -0.141. The van der Waals surface area contributed by atoms with Gasteiger partial charge >= 0.3 is 5.97 Å². The molecule has 0 atom stereocenters. The Bertz CT molecular complexity index is 456. The van der Waals surface area contributed by atoms with E-state index >= 15 is 0 Å². The van der Waals surface area contributed by atoms with Crippen LogP contribution in [0.5, 0.6) is 5.75 Å². The Morgan fingerprint density at radius 1 is 1.00 bits per heavy atom. The van der Waals surface area contributed by atoms with Crippen LogP contribution >= 0.6 is 0 Å². The molecule has 0 heterocycles. The molecule has 0 aliphatic rings. The van der Waals surface area contributed by atoms with Crippen molar-refractivity contribution >= 4 is 11.9 Å². The van der Waals surface area contributed by atoms with Crippen molar-refractivity contribution < 1.29 is 19.0 Å². The Kier molecular flexibility index (Phi) is 8.72. The molecule has 0 aromatic heterocycles. The van der Waals surface area contributed by atoms with Crippen molar-refractivity contribution in [2.75, 3.05) is 19.8 Å². The number of nitrogens with one attached hydrogen (secondary N) is 1. The predicted molar refractivity (Wildman–Crippen MR) is 85.5 cm³/mol. The summed E-state index contributed by atoms with van der Waals surface area (Å²) < 4.78 is 15.7. The molecule has 0 saturated heterocycles. The summed E-state index contributed by atoms with van der Waals surface area (Å²) in [5, 5.41) is 7.84. The molecular formula is C17H25NO4. The van der Waals surface area contributed by atoms with E-state index in [1.54, 1.807) is 0 Å². The van der Waals surface area contributed by atoms with Gasteiger partial charge in [0.05, 0.1) is 19.8 Å². The third-order valence-corrected chi connectivity index (χ3v) is 2.97. The molecule has 1 aromatic rings. The largest absolute Gasteiger partial charge is 0.494 e. The molecule has 5 nitrogen and oxygen atoms in total. The van der Waals surface area contributed by atoms with Crippen molar-refractivity contribution in [1.29, 1.82) is 5.41 Å². The number of carbonyl (C=O) groups excluding carboxylic acids is 1. The molecule has 0 radical (unpaired) electrons. The number of esters is 1. The lowest BCUT2D eigenvalue weighted by Gasteiger charge is -2.09. The Morgan fingerprint density at radius 2 is 1.68 bits per heavy atom. The topological polar surface area (TPSA) is 68.6 Å². The smallest absolute Gasteiger partial charge is 0.302 e. The van der Waals surface area contributed by atoms with Gasteiger partial charge in [-0.3, -0.25) is 10.2 Å². The zero-order valence-electron chi connectivity index (χ0n) is 13.4. The first-order valence-corrected chi connectivity index (χ1v) is 7.71. The van der Waals surface area contributed by atoms with Crippen LogP contribution in [0.4, 0.5) is 0 Å². The zero-order valence-corrected chi connectivity index (χ0v) is 13.4. The van der Waals surface area contributed by atoms with Crippen LogP contribution in [0.25, 0.3) is 0 Å². The summed E-state index contributed by atoms with van der Waals surface area (Å²) in [5.41, 5.74) is 0.702.